The van der Waals surface area contributed by atoms with Crippen LogP contribution < -0.4 is 29.6 Å². The summed E-state index contributed by atoms with van der Waals surface area (Å²) in [6.07, 6.45) is 14.2. The fourth-order valence-electron chi connectivity index (χ4n) is 3.14. The Balaban J connectivity index is 0. The van der Waals surface area contributed by atoms with Crippen molar-refractivity contribution >= 4 is 16.3 Å². The number of nitrogens with zero attached hydrogens (tertiary/aromatic N) is 1. The summed E-state index contributed by atoms with van der Waals surface area (Å²) in [5.41, 5.74) is 0. The van der Waals surface area contributed by atoms with Gasteiger partial charge in [0, 0.05) is 20.5 Å². The molecule has 0 spiro atoms. The first kappa shape index (κ1) is 30.5. The molecule has 0 aliphatic rings. The van der Waals surface area contributed by atoms with Crippen LogP contribution in [0.25, 0.3) is 0 Å². The van der Waals surface area contributed by atoms with Gasteiger partial charge in [-0.15, -0.1) is 0 Å². The van der Waals surface area contributed by atoms with E-state index in [1.807, 2.05) is 0 Å². The van der Waals surface area contributed by atoms with E-state index in [0.717, 1.165) is 70.6 Å². The minimum atomic E-state index is -4.61. The molecule has 1 amide bonds. The molecule has 0 saturated heterocycles. The minimum absolute atomic E-state index is 0. The van der Waals surface area contributed by atoms with Gasteiger partial charge >= 0.3 is 29.6 Å². The maximum Gasteiger partial charge on any atom is 1.00 e. The van der Waals surface area contributed by atoms with Gasteiger partial charge in [0.2, 0.25) is 16.3 Å². The van der Waals surface area contributed by atoms with E-state index in [4.69, 9.17) is 4.18 Å². The van der Waals surface area contributed by atoms with Gasteiger partial charge in [-0.25, -0.2) is 8.42 Å². The quantitative estimate of drug-likeness (QED) is 0.143. The van der Waals surface area contributed by atoms with Crippen LogP contribution in [0.4, 0.5) is 0 Å². The standard InChI is InChI=1S/C20H41NO5S.Na/c1-4-5-6-13-16-19(26-27(23,24)25)17-14-11-9-7-8-10-12-15-18-20(22)21(2)3;/h19H,4-18H2,1-3H3,(H,23,24,25);/q;+1/p-1. The second-order valence-corrected chi connectivity index (χ2v) is 8.64. The van der Waals surface area contributed by atoms with Crippen molar-refractivity contribution in [2.45, 2.75) is 109 Å². The Morgan fingerprint density at radius 3 is 1.71 bits per heavy atom. The Kier molecular flexibility index (Phi) is 21.1. The van der Waals surface area contributed by atoms with Crippen molar-refractivity contribution in [2.75, 3.05) is 14.1 Å². The van der Waals surface area contributed by atoms with Crippen LogP contribution in [0.15, 0.2) is 0 Å². The molecule has 0 aromatic rings. The van der Waals surface area contributed by atoms with E-state index < -0.39 is 16.5 Å². The van der Waals surface area contributed by atoms with E-state index in [2.05, 4.69) is 6.92 Å². The molecule has 0 fully saturated rings. The van der Waals surface area contributed by atoms with Crippen molar-refractivity contribution in [3.63, 3.8) is 0 Å². The normalized spacial score (nSPS) is 12.4. The van der Waals surface area contributed by atoms with Gasteiger partial charge in [0.15, 0.2) is 0 Å². The van der Waals surface area contributed by atoms with Crippen molar-refractivity contribution < 1.29 is 51.5 Å². The van der Waals surface area contributed by atoms with Crippen molar-refractivity contribution in [3.8, 4) is 0 Å². The molecular formula is C20H40NNaO5S. The van der Waals surface area contributed by atoms with Gasteiger partial charge in [0.05, 0.1) is 6.10 Å². The number of carbonyl (C=O) groups excluding carboxylic acids is 1. The number of hydrogen-bond donors (Lipinski definition) is 0. The van der Waals surface area contributed by atoms with Gasteiger partial charge in [-0.1, -0.05) is 77.6 Å². The number of unbranched alkanes of at least 4 members (excludes halogenated alkanes) is 10. The van der Waals surface area contributed by atoms with E-state index in [0.29, 0.717) is 19.3 Å². The zero-order chi connectivity index (χ0) is 20.5. The molecule has 0 N–H and O–H groups in total. The van der Waals surface area contributed by atoms with Gasteiger partial charge in [0.25, 0.3) is 0 Å². The Morgan fingerprint density at radius 1 is 0.857 bits per heavy atom. The summed E-state index contributed by atoms with van der Waals surface area (Å²) >= 11 is 0. The van der Waals surface area contributed by atoms with Gasteiger partial charge in [-0.3, -0.25) is 8.98 Å². The molecule has 28 heavy (non-hydrogen) atoms. The van der Waals surface area contributed by atoms with Gasteiger partial charge < -0.3 is 9.45 Å². The summed E-state index contributed by atoms with van der Waals surface area (Å²) in [4.78, 5) is 13.1. The van der Waals surface area contributed by atoms with Gasteiger partial charge in [-0.05, 0) is 19.3 Å². The van der Waals surface area contributed by atoms with Gasteiger partial charge in [-0.2, -0.15) is 0 Å². The predicted octanol–water partition coefficient (Wildman–Crippen LogP) is 1.80. The van der Waals surface area contributed by atoms with E-state index in [-0.39, 0.29) is 35.5 Å². The van der Waals surface area contributed by atoms with E-state index >= 15 is 0 Å². The van der Waals surface area contributed by atoms with Crippen molar-refractivity contribution in [3.05, 3.63) is 0 Å². The Bertz CT molecular complexity index is 471. The molecule has 0 heterocycles. The average molecular weight is 430 g/mol. The van der Waals surface area contributed by atoms with Crippen LogP contribution in [0, 0.1) is 0 Å². The third kappa shape index (κ3) is 21.1. The third-order valence-electron chi connectivity index (χ3n) is 4.80. The zero-order valence-corrected chi connectivity index (χ0v) is 21.4. The number of hydrogen-bond acceptors (Lipinski definition) is 5. The van der Waals surface area contributed by atoms with Crippen LogP contribution in [0.1, 0.15) is 103 Å². The topological polar surface area (TPSA) is 86.7 Å². The zero-order valence-electron chi connectivity index (χ0n) is 18.6. The molecule has 0 radical (unpaired) electrons. The first-order valence-electron chi connectivity index (χ1n) is 10.6. The Hall–Kier alpha value is 0.340. The molecule has 162 valence electrons. The molecule has 1 unspecified atom stereocenters. The molecule has 0 aliphatic heterocycles. The van der Waals surface area contributed by atoms with Crippen molar-refractivity contribution in [1.82, 2.24) is 4.90 Å². The second kappa shape index (κ2) is 19.3. The van der Waals surface area contributed by atoms with Gasteiger partial charge in [0.1, 0.15) is 0 Å². The van der Waals surface area contributed by atoms with E-state index in [1.54, 1.807) is 19.0 Å². The summed E-state index contributed by atoms with van der Waals surface area (Å²) in [7, 11) is -1.04. The SMILES string of the molecule is CCCCCCC(CCCCCCCCCCC(=O)N(C)C)OS(=O)(=O)[O-].[Na+]. The monoisotopic (exact) mass is 429 g/mol. The molecule has 0 saturated carbocycles. The van der Waals surface area contributed by atoms with Crippen LogP contribution in [0.2, 0.25) is 0 Å². The molecule has 0 aliphatic carbocycles. The largest absolute Gasteiger partial charge is 1.00 e. The van der Waals surface area contributed by atoms with Crippen molar-refractivity contribution in [2.24, 2.45) is 0 Å². The second-order valence-electron chi connectivity index (χ2n) is 7.63. The van der Waals surface area contributed by atoms with Crippen LogP contribution in [0.5, 0.6) is 0 Å². The molecule has 0 aromatic heterocycles. The molecule has 0 rings (SSSR count). The van der Waals surface area contributed by atoms with Crippen LogP contribution in [0.3, 0.4) is 0 Å². The summed E-state index contributed by atoms with van der Waals surface area (Å²) in [6, 6.07) is 0. The number of carbonyl (C=O) groups is 1. The van der Waals surface area contributed by atoms with E-state index in [9.17, 15) is 17.8 Å². The summed E-state index contributed by atoms with van der Waals surface area (Å²) in [5.74, 6) is 0.196. The fraction of sp³-hybridized carbons (Fsp3) is 0.950. The Labute approximate surface area is 195 Å². The average Bonchev–Trinajstić information content (AvgIpc) is 2.58. The van der Waals surface area contributed by atoms with E-state index in [1.165, 1.54) is 6.42 Å². The summed E-state index contributed by atoms with van der Waals surface area (Å²) < 4.78 is 37.3. The number of rotatable bonds is 18. The predicted molar refractivity (Wildman–Crippen MR) is 108 cm³/mol. The first-order chi connectivity index (χ1) is 12.8. The third-order valence-corrected chi connectivity index (χ3v) is 5.31. The van der Waals surface area contributed by atoms with Crippen LogP contribution in [-0.2, 0) is 19.4 Å². The summed E-state index contributed by atoms with van der Waals surface area (Å²) in [5, 5.41) is 0. The molecule has 6 nitrogen and oxygen atoms in total. The smallest absolute Gasteiger partial charge is 0.726 e. The molecule has 0 bridgehead atoms. The molecule has 0 aromatic carbocycles. The van der Waals surface area contributed by atoms with Crippen LogP contribution >= 0.6 is 0 Å². The van der Waals surface area contributed by atoms with Crippen molar-refractivity contribution in [1.29, 1.82) is 0 Å². The maximum absolute atomic E-state index is 11.4. The Morgan fingerprint density at radius 2 is 1.29 bits per heavy atom. The number of amides is 1. The molecular weight excluding hydrogens is 389 g/mol. The molecule has 1 atom stereocenters. The summed E-state index contributed by atoms with van der Waals surface area (Å²) in [6.45, 7) is 2.12. The maximum atomic E-state index is 11.4. The first-order valence-corrected chi connectivity index (χ1v) is 11.9. The minimum Gasteiger partial charge on any atom is -0.726 e. The fourth-order valence-corrected chi connectivity index (χ4v) is 3.66. The van der Waals surface area contributed by atoms with Crippen LogP contribution in [-0.4, -0.2) is 44.0 Å². The molecule has 8 heteroatoms.